The van der Waals surface area contributed by atoms with E-state index >= 15 is 0 Å². The van der Waals surface area contributed by atoms with Gasteiger partial charge in [-0.15, -0.1) is 0 Å². The van der Waals surface area contributed by atoms with Crippen LogP contribution in [0.5, 0.6) is 5.75 Å². The van der Waals surface area contributed by atoms with Crippen LogP contribution in [0.25, 0.3) is 0 Å². The molecule has 0 fully saturated rings. The van der Waals surface area contributed by atoms with Crippen molar-refractivity contribution in [2.45, 2.75) is 0 Å². The Kier molecular flexibility index (Phi) is 5.25. The zero-order chi connectivity index (χ0) is 18.6. The Morgan fingerprint density at radius 3 is 2.36 bits per heavy atom. The molecule has 0 saturated heterocycles. The number of hydrazone groups is 1. The van der Waals surface area contributed by atoms with Crippen LogP contribution in [-0.4, -0.2) is 27.1 Å². The number of aromatic hydroxyl groups is 1. The maximum absolute atomic E-state index is 11.8. The summed E-state index contributed by atoms with van der Waals surface area (Å²) < 4.78 is 0. The van der Waals surface area contributed by atoms with Crippen molar-refractivity contribution < 1.29 is 19.7 Å². The molecule has 0 unspecified atom stereocenters. The highest BCUT2D eigenvalue weighted by atomic mass is 35.5. The molecule has 0 heterocycles. The van der Waals surface area contributed by atoms with Gasteiger partial charge in [-0.1, -0.05) is 11.6 Å². The van der Waals surface area contributed by atoms with Gasteiger partial charge in [-0.25, -0.2) is 5.43 Å². The molecule has 11 heteroatoms. The van der Waals surface area contributed by atoms with Crippen LogP contribution < -0.4 is 5.43 Å². The zero-order valence-corrected chi connectivity index (χ0v) is 13.0. The molecule has 0 spiro atoms. The van der Waals surface area contributed by atoms with Gasteiger partial charge < -0.3 is 5.11 Å². The number of nitrogens with zero attached hydrogens (tertiary/aromatic N) is 3. The lowest BCUT2D eigenvalue weighted by Crippen LogP contribution is -2.17. The summed E-state index contributed by atoms with van der Waals surface area (Å²) in [6.45, 7) is 0. The third-order valence-electron chi connectivity index (χ3n) is 2.99. The van der Waals surface area contributed by atoms with Gasteiger partial charge in [-0.05, 0) is 24.3 Å². The summed E-state index contributed by atoms with van der Waals surface area (Å²) in [5, 5.41) is 35.4. The fourth-order valence-electron chi connectivity index (χ4n) is 1.79. The molecule has 2 aromatic rings. The fraction of sp³-hybridized carbons (Fsp3) is 0. The highest BCUT2D eigenvalue weighted by molar-refractivity contribution is 6.30. The standard InChI is InChI=1S/C14H9ClN4O6/c15-10-3-1-8(2-4-10)14(21)17-16-7-9-5-11(18(22)23)6-12(13(9)20)19(24)25/h1-7,20H,(H,17,21). The van der Waals surface area contributed by atoms with Crippen LogP contribution in [0.4, 0.5) is 11.4 Å². The summed E-state index contributed by atoms with van der Waals surface area (Å²) in [6, 6.07) is 7.40. The average Bonchev–Trinajstić information content (AvgIpc) is 2.56. The number of rotatable bonds is 5. The molecule has 2 N–H and O–H groups in total. The molecule has 10 nitrogen and oxygen atoms in total. The number of nitro benzene ring substituents is 2. The van der Waals surface area contributed by atoms with Gasteiger partial charge in [-0.2, -0.15) is 5.10 Å². The minimum absolute atomic E-state index is 0.246. The number of amides is 1. The molecule has 0 aliphatic carbocycles. The van der Waals surface area contributed by atoms with E-state index in [4.69, 9.17) is 11.6 Å². The molecule has 0 aromatic heterocycles. The van der Waals surface area contributed by atoms with Crippen LogP contribution in [0.15, 0.2) is 41.5 Å². The third kappa shape index (κ3) is 4.26. The van der Waals surface area contributed by atoms with Gasteiger partial charge in [-0.3, -0.25) is 25.0 Å². The first-order valence-electron chi connectivity index (χ1n) is 6.54. The second-order valence-corrected chi connectivity index (χ2v) is 5.06. The lowest BCUT2D eigenvalue weighted by atomic mass is 10.1. The van der Waals surface area contributed by atoms with Crippen molar-refractivity contribution >= 4 is 35.1 Å². The van der Waals surface area contributed by atoms with Gasteiger partial charge >= 0.3 is 5.69 Å². The molecule has 1 amide bonds. The molecule has 0 aliphatic rings. The van der Waals surface area contributed by atoms with Crippen molar-refractivity contribution in [3.8, 4) is 5.75 Å². The first-order valence-corrected chi connectivity index (χ1v) is 6.92. The molecule has 0 aliphatic heterocycles. The van der Waals surface area contributed by atoms with Crippen LogP contribution >= 0.6 is 11.6 Å². The SMILES string of the molecule is O=C(NN=Cc1cc([N+](=O)[O-])cc([N+](=O)[O-])c1O)c1ccc(Cl)cc1. The van der Waals surface area contributed by atoms with Crippen molar-refractivity contribution in [1.82, 2.24) is 5.43 Å². The number of carbonyl (C=O) groups is 1. The van der Waals surface area contributed by atoms with E-state index in [2.05, 4.69) is 10.5 Å². The Hall–Kier alpha value is -3.53. The minimum atomic E-state index is -0.966. The van der Waals surface area contributed by atoms with Crippen molar-refractivity contribution in [2.75, 3.05) is 0 Å². The lowest BCUT2D eigenvalue weighted by molar-refractivity contribution is -0.394. The number of phenolic OH excluding ortho intramolecular Hbond substituents is 1. The molecular weight excluding hydrogens is 356 g/mol. The molecule has 2 aromatic carbocycles. The van der Waals surface area contributed by atoms with E-state index in [-0.39, 0.29) is 11.1 Å². The summed E-state index contributed by atoms with van der Waals surface area (Å²) in [5.74, 6) is -1.41. The van der Waals surface area contributed by atoms with Crippen molar-refractivity contribution in [3.63, 3.8) is 0 Å². The maximum atomic E-state index is 11.8. The number of non-ortho nitro benzene ring substituents is 1. The number of benzene rings is 2. The number of phenols is 1. The first-order chi connectivity index (χ1) is 11.8. The van der Waals surface area contributed by atoms with Gasteiger partial charge in [0.05, 0.1) is 27.7 Å². The Morgan fingerprint density at radius 1 is 1.16 bits per heavy atom. The predicted octanol–water partition coefficient (Wildman–Crippen LogP) is 2.63. The Balaban J connectivity index is 2.25. The normalized spacial score (nSPS) is 10.6. The average molecular weight is 365 g/mol. The van der Waals surface area contributed by atoms with Gasteiger partial charge in [0, 0.05) is 16.7 Å². The van der Waals surface area contributed by atoms with Crippen LogP contribution in [0.2, 0.25) is 5.02 Å². The number of hydrogen-bond acceptors (Lipinski definition) is 7. The number of nitro groups is 2. The van der Waals surface area contributed by atoms with Crippen molar-refractivity contribution in [2.24, 2.45) is 5.10 Å². The zero-order valence-electron chi connectivity index (χ0n) is 12.2. The number of nitrogens with one attached hydrogen (secondary N) is 1. The Labute approximate surface area is 144 Å². The van der Waals surface area contributed by atoms with Crippen LogP contribution in [0, 0.1) is 20.2 Å². The topological polar surface area (TPSA) is 148 Å². The van der Waals surface area contributed by atoms with E-state index in [1.807, 2.05) is 0 Å². The van der Waals surface area contributed by atoms with Crippen molar-refractivity contribution in [1.29, 1.82) is 0 Å². The number of halogens is 1. The molecular formula is C14H9ClN4O6. The van der Waals surface area contributed by atoms with Gasteiger partial charge in [0.15, 0.2) is 0 Å². The molecule has 2 rings (SSSR count). The summed E-state index contributed by atoms with van der Waals surface area (Å²) in [4.78, 5) is 31.7. The summed E-state index contributed by atoms with van der Waals surface area (Å²) in [7, 11) is 0. The quantitative estimate of drug-likeness (QED) is 0.473. The predicted molar refractivity (Wildman–Crippen MR) is 87.9 cm³/mol. The van der Waals surface area contributed by atoms with Crippen molar-refractivity contribution in [3.05, 3.63) is 72.8 Å². The highest BCUT2D eigenvalue weighted by Gasteiger charge is 2.23. The van der Waals surface area contributed by atoms with E-state index in [1.165, 1.54) is 24.3 Å². The molecule has 0 atom stereocenters. The van der Waals surface area contributed by atoms with Gasteiger partial charge in [0.2, 0.25) is 5.75 Å². The Bertz CT molecular complexity index is 882. The molecule has 0 bridgehead atoms. The largest absolute Gasteiger partial charge is 0.502 e. The maximum Gasteiger partial charge on any atom is 0.318 e. The first kappa shape index (κ1) is 17.8. The lowest BCUT2D eigenvalue weighted by Gasteiger charge is -2.02. The van der Waals surface area contributed by atoms with Gasteiger partial charge in [0.1, 0.15) is 0 Å². The second-order valence-electron chi connectivity index (χ2n) is 4.62. The summed E-state index contributed by atoms with van der Waals surface area (Å²) in [5.41, 5.74) is 0.631. The smallest absolute Gasteiger partial charge is 0.318 e. The summed E-state index contributed by atoms with van der Waals surface area (Å²) in [6.07, 6.45) is 0.864. The Morgan fingerprint density at radius 2 is 1.80 bits per heavy atom. The number of hydrogen-bond donors (Lipinski definition) is 2. The minimum Gasteiger partial charge on any atom is -0.502 e. The molecule has 0 saturated carbocycles. The highest BCUT2D eigenvalue weighted by Crippen LogP contribution is 2.33. The third-order valence-corrected chi connectivity index (χ3v) is 3.24. The molecule has 0 radical (unpaired) electrons. The van der Waals surface area contributed by atoms with E-state index in [0.29, 0.717) is 11.1 Å². The number of carbonyl (C=O) groups excluding carboxylic acids is 1. The van der Waals surface area contributed by atoms with E-state index in [9.17, 15) is 30.1 Å². The summed E-state index contributed by atoms with van der Waals surface area (Å²) >= 11 is 5.70. The molecule has 128 valence electrons. The fourth-order valence-corrected chi connectivity index (χ4v) is 1.92. The van der Waals surface area contributed by atoms with Gasteiger partial charge in [0.25, 0.3) is 11.6 Å². The van der Waals surface area contributed by atoms with Crippen LogP contribution in [0.3, 0.4) is 0 Å². The van der Waals surface area contributed by atoms with E-state index in [1.54, 1.807) is 0 Å². The molecule has 25 heavy (non-hydrogen) atoms. The second kappa shape index (κ2) is 7.36. The monoisotopic (exact) mass is 364 g/mol. The van der Waals surface area contributed by atoms with E-state index < -0.39 is 32.9 Å². The van der Waals surface area contributed by atoms with Crippen LogP contribution in [0.1, 0.15) is 15.9 Å². The van der Waals surface area contributed by atoms with Crippen LogP contribution in [-0.2, 0) is 0 Å². The van der Waals surface area contributed by atoms with E-state index in [0.717, 1.165) is 12.3 Å².